The van der Waals surface area contributed by atoms with E-state index in [0.29, 0.717) is 15.7 Å². The molecule has 0 spiro atoms. The number of nitrogens with zero attached hydrogens (tertiary/aromatic N) is 2. The number of aryl methyl sites for hydroxylation is 1. The number of halogens is 1. The first-order valence-electron chi connectivity index (χ1n) is 6.81. The second kappa shape index (κ2) is 6.67. The molecule has 0 saturated carbocycles. The fourth-order valence-electron chi connectivity index (χ4n) is 2.22. The molecule has 0 unspecified atom stereocenters. The van der Waals surface area contributed by atoms with Crippen LogP contribution >= 0.6 is 15.9 Å². The van der Waals surface area contributed by atoms with Gasteiger partial charge in [-0.1, -0.05) is 18.2 Å². The van der Waals surface area contributed by atoms with Gasteiger partial charge in [0.05, 0.1) is 15.5 Å². The Bertz CT molecular complexity index is 852. The van der Waals surface area contributed by atoms with Gasteiger partial charge in [0.25, 0.3) is 15.7 Å². The summed E-state index contributed by atoms with van der Waals surface area (Å²) in [5.74, 6) is 0. The lowest BCUT2D eigenvalue weighted by molar-refractivity contribution is -0.385. The average molecular weight is 399 g/mol. The van der Waals surface area contributed by atoms with Crippen LogP contribution < -0.4 is 4.31 Å². The van der Waals surface area contributed by atoms with Crippen molar-refractivity contribution in [1.29, 1.82) is 0 Å². The van der Waals surface area contributed by atoms with Crippen molar-refractivity contribution in [1.82, 2.24) is 0 Å². The Balaban J connectivity index is 2.63. The van der Waals surface area contributed by atoms with Crippen molar-refractivity contribution in [2.45, 2.75) is 18.7 Å². The zero-order valence-electron chi connectivity index (χ0n) is 12.6. The zero-order chi connectivity index (χ0) is 17.2. The Hall–Kier alpha value is -1.93. The molecule has 2 aromatic carbocycles. The summed E-state index contributed by atoms with van der Waals surface area (Å²) in [5.41, 5.74) is 0.694. The molecule has 0 aromatic heterocycles. The summed E-state index contributed by atoms with van der Waals surface area (Å²) in [6.07, 6.45) is 0. The highest BCUT2D eigenvalue weighted by Gasteiger charge is 2.28. The molecule has 2 rings (SSSR count). The van der Waals surface area contributed by atoms with Crippen molar-refractivity contribution in [2.24, 2.45) is 0 Å². The highest BCUT2D eigenvalue weighted by atomic mass is 79.9. The fraction of sp³-hybridized carbons (Fsp3) is 0.200. The molecule has 0 amide bonds. The number of hydrogen-bond donors (Lipinski definition) is 0. The zero-order valence-corrected chi connectivity index (χ0v) is 15.0. The Labute approximate surface area is 143 Å². The maximum Gasteiger partial charge on any atom is 0.270 e. The summed E-state index contributed by atoms with van der Waals surface area (Å²) in [5, 5.41) is 10.9. The molecule has 0 aliphatic carbocycles. The monoisotopic (exact) mass is 398 g/mol. The van der Waals surface area contributed by atoms with Crippen molar-refractivity contribution in [3.8, 4) is 0 Å². The lowest BCUT2D eigenvalue weighted by atomic mass is 10.2. The predicted molar refractivity (Wildman–Crippen MR) is 92.2 cm³/mol. The third kappa shape index (κ3) is 3.37. The van der Waals surface area contributed by atoms with Gasteiger partial charge >= 0.3 is 0 Å². The number of hydrogen-bond acceptors (Lipinski definition) is 4. The molecule has 6 nitrogen and oxygen atoms in total. The number of rotatable bonds is 5. The first-order chi connectivity index (χ1) is 10.8. The van der Waals surface area contributed by atoms with Gasteiger partial charge < -0.3 is 0 Å². The summed E-state index contributed by atoms with van der Waals surface area (Å²) in [6.45, 7) is 3.53. The largest absolute Gasteiger partial charge is 0.270 e. The Morgan fingerprint density at radius 1 is 1.22 bits per heavy atom. The molecular formula is C15H15BrN2O4S. The van der Waals surface area contributed by atoms with Gasteiger partial charge in [-0.15, -0.1) is 0 Å². The van der Waals surface area contributed by atoms with Crippen LogP contribution in [-0.4, -0.2) is 19.9 Å². The lowest BCUT2D eigenvalue weighted by Gasteiger charge is -2.24. The van der Waals surface area contributed by atoms with Crippen LogP contribution in [0.3, 0.4) is 0 Å². The van der Waals surface area contributed by atoms with Gasteiger partial charge in [0.15, 0.2) is 0 Å². The van der Waals surface area contributed by atoms with Crippen molar-refractivity contribution < 1.29 is 13.3 Å². The quantitative estimate of drug-likeness (QED) is 0.565. The topological polar surface area (TPSA) is 80.5 Å². The minimum absolute atomic E-state index is 0.0655. The molecule has 0 bridgehead atoms. The molecule has 0 saturated heterocycles. The highest BCUT2D eigenvalue weighted by Crippen LogP contribution is 2.32. The SMILES string of the molecule is CCN(c1ccccc1Br)S(=O)(=O)c1cc([N+](=O)[O-])ccc1C. The van der Waals surface area contributed by atoms with E-state index in [1.807, 2.05) is 0 Å². The molecule has 122 valence electrons. The molecule has 8 heteroatoms. The van der Waals surface area contributed by atoms with Crippen LogP contribution in [-0.2, 0) is 10.0 Å². The summed E-state index contributed by atoms with van der Waals surface area (Å²) in [4.78, 5) is 10.3. The summed E-state index contributed by atoms with van der Waals surface area (Å²) < 4.78 is 27.8. The van der Waals surface area contributed by atoms with Crippen LogP contribution in [0.25, 0.3) is 0 Å². The maximum absolute atomic E-state index is 13.0. The smallest absolute Gasteiger partial charge is 0.265 e. The van der Waals surface area contributed by atoms with Gasteiger partial charge in [-0.3, -0.25) is 14.4 Å². The molecule has 0 fully saturated rings. The molecule has 0 atom stereocenters. The Morgan fingerprint density at radius 3 is 2.43 bits per heavy atom. The Morgan fingerprint density at radius 2 is 1.87 bits per heavy atom. The van der Waals surface area contributed by atoms with E-state index in [2.05, 4.69) is 15.9 Å². The molecule has 0 heterocycles. The van der Waals surface area contributed by atoms with Crippen LogP contribution in [0.2, 0.25) is 0 Å². The van der Waals surface area contributed by atoms with E-state index >= 15 is 0 Å². The van der Waals surface area contributed by atoms with Gasteiger partial charge in [-0.25, -0.2) is 8.42 Å². The first kappa shape index (κ1) is 17.4. The number of nitro groups is 1. The van der Waals surface area contributed by atoms with Crippen molar-refractivity contribution in [3.05, 3.63) is 62.6 Å². The summed E-state index contributed by atoms with van der Waals surface area (Å²) >= 11 is 3.34. The van der Waals surface area contributed by atoms with E-state index in [0.717, 1.165) is 6.07 Å². The second-order valence-electron chi connectivity index (χ2n) is 4.83. The lowest BCUT2D eigenvalue weighted by Crippen LogP contribution is -2.31. The van der Waals surface area contributed by atoms with Crippen LogP contribution in [0.15, 0.2) is 51.8 Å². The van der Waals surface area contributed by atoms with E-state index in [1.54, 1.807) is 38.1 Å². The van der Waals surface area contributed by atoms with E-state index < -0.39 is 14.9 Å². The predicted octanol–water partition coefficient (Wildman–Crippen LogP) is 3.88. The van der Waals surface area contributed by atoms with Gasteiger partial charge in [0.2, 0.25) is 0 Å². The third-order valence-electron chi connectivity index (χ3n) is 3.36. The third-order valence-corrected chi connectivity index (χ3v) is 6.06. The van der Waals surface area contributed by atoms with E-state index in [1.165, 1.54) is 16.4 Å². The maximum atomic E-state index is 13.0. The molecule has 2 aromatic rings. The number of non-ortho nitro benzene ring substituents is 1. The average Bonchev–Trinajstić information content (AvgIpc) is 2.49. The molecule has 0 radical (unpaired) electrons. The van der Waals surface area contributed by atoms with Crippen molar-refractivity contribution in [3.63, 3.8) is 0 Å². The van der Waals surface area contributed by atoms with Gasteiger partial charge in [0, 0.05) is 23.2 Å². The molecular weight excluding hydrogens is 384 g/mol. The van der Waals surface area contributed by atoms with Crippen molar-refractivity contribution >= 4 is 37.3 Å². The summed E-state index contributed by atoms with van der Waals surface area (Å²) in [7, 11) is -3.91. The normalized spacial score (nSPS) is 11.3. The standard InChI is InChI=1S/C15H15BrN2O4S/c1-3-17(14-7-5-4-6-13(14)16)23(21,22)15-10-12(18(19)20)9-8-11(15)2/h4-10H,3H2,1-2H3. The van der Waals surface area contributed by atoms with Crippen LogP contribution in [0.1, 0.15) is 12.5 Å². The fourth-order valence-corrected chi connectivity index (χ4v) is 4.58. The number of benzene rings is 2. The second-order valence-corrected chi connectivity index (χ2v) is 7.51. The Kier molecular flexibility index (Phi) is 5.06. The van der Waals surface area contributed by atoms with Gasteiger partial charge in [-0.05, 0) is 47.5 Å². The summed E-state index contributed by atoms with van der Waals surface area (Å²) in [6, 6.07) is 10.8. The molecule has 0 aliphatic heterocycles. The number of sulfonamides is 1. The molecule has 23 heavy (non-hydrogen) atoms. The van der Waals surface area contributed by atoms with Crippen LogP contribution in [0, 0.1) is 17.0 Å². The van der Waals surface area contributed by atoms with E-state index in [9.17, 15) is 18.5 Å². The van der Waals surface area contributed by atoms with E-state index in [4.69, 9.17) is 0 Å². The number of anilines is 1. The van der Waals surface area contributed by atoms with Crippen LogP contribution in [0.5, 0.6) is 0 Å². The van der Waals surface area contributed by atoms with Gasteiger partial charge in [-0.2, -0.15) is 0 Å². The van der Waals surface area contributed by atoms with E-state index in [-0.39, 0.29) is 17.1 Å². The number of para-hydroxylation sites is 1. The molecule has 0 aliphatic rings. The molecule has 0 N–H and O–H groups in total. The number of nitro benzene ring substituents is 1. The minimum Gasteiger partial charge on any atom is -0.265 e. The minimum atomic E-state index is -3.91. The van der Waals surface area contributed by atoms with Gasteiger partial charge in [0.1, 0.15) is 0 Å². The highest BCUT2D eigenvalue weighted by molar-refractivity contribution is 9.10. The van der Waals surface area contributed by atoms with Crippen molar-refractivity contribution in [2.75, 3.05) is 10.8 Å². The van der Waals surface area contributed by atoms with Crippen LogP contribution in [0.4, 0.5) is 11.4 Å². The first-order valence-corrected chi connectivity index (χ1v) is 9.04.